The monoisotopic (exact) mass is 447 g/mol. The number of benzene rings is 3. The van der Waals surface area contributed by atoms with Crippen molar-refractivity contribution < 1.29 is 14.3 Å². The fourth-order valence-electron chi connectivity index (χ4n) is 2.75. The first-order valence-electron chi connectivity index (χ1n) is 8.88. The van der Waals surface area contributed by atoms with Crippen LogP contribution >= 0.6 is 15.9 Å². The molecule has 3 rings (SSSR count). The van der Waals surface area contributed by atoms with Gasteiger partial charge in [0.15, 0.2) is 11.5 Å². The lowest BCUT2D eigenvalue weighted by atomic mass is 10.0. The molecule has 0 bridgehead atoms. The summed E-state index contributed by atoms with van der Waals surface area (Å²) in [5.74, 6) is 0.736. The molecule has 0 aromatic heterocycles. The van der Waals surface area contributed by atoms with Gasteiger partial charge in [-0.3, -0.25) is 4.79 Å². The molecule has 0 saturated carbocycles. The molecule has 0 aliphatic heterocycles. The van der Waals surface area contributed by atoms with Gasteiger partial charge in [-0.25, -0.2) is 0 Å². The molecule has 0 amide bonds. The van der Waals surface area contributed by atoms with Crippen molar-refractivity contribution in [2.75, 3.05) is 7.11 Å². The van der Waals surface area contributed by atoms with Crippen LogP contribution in [-0.2, 0) is 6.61 Å². The second-order valence-corrected chi connectivity index (χ2v) is 7.03. The van der Waals surface area contributed by atoms with Crippen molar-refractivity contribution in [1.29, 1.82) is 5.26 Å². The van der Waals surface area contributed by atoms with Crippen molar-refractivity contribution in [1.82, 2.24) is 0 Å². The van der Waals surface area contributed by atoms with Gasteiger partial charge in [-0.1, -0.05) is 60.7 Å². The van der Waals surface area contributed by atoms with Gasteiger partial charge >= 0.3 is 0 Å². The van der Waals surface area contributed by atoms with Gasteiger partial charge < -0.3 is 9.47 Å². The molecule has 0 radical (unpaired) electrons. The summed E-state index contributed by atoms with van der Waals surface area (Å²) in [5, 5.41) is 9.47. The number of ether oxygens (including phenoxy) is 2. The van der Waals surface area contributed by atoms with Crippen molar-refractivity contribution >= 4 is 27.8 Å². The third kappa shape index (κ3) is 5.13. The normalized spacial score (nSPS) is 10.9. The lowest BCUT2D eigenvalue weighted by molar-refractivity contribution is 0.104. The van der Waals surface area contributed by atoms with E-state index >= 15 is 0 Å². The highest BCUT2D eigenvalue weighted by Gasteiger charge is 2.15. The van der Waals surface area contributed by atoms with E-state index in [0.29, 0.717) is 33.7 Å². The zero-order chi connectivity index (χ0) is 20.6. The third-order valence-electron chi connectivity index (χ3n) is 4.19. The SMILES string of the molecule is COc1cc(C=C(C#N)C(=O)c2ccccc2)cc(Br)c1OCc1ccccc1. The second kappa shape index (κ2) is 9.72. The standard InChI is InChI=1S/C24H18BrNO3/c1-28-22-14-18(12-20(15-26)23(27)19-10-6-3-7-11-19)13-21(25)24(22)29-16-17-8-4-2-5-9-17/h2-14H,16H2,1H3. The first kappa shape index (κ1) is 20.4. The molecule has 0 saturated heterocycles. The largest absolute Gasteiger partial charge is 0.493 e. The van der Waals surface area contributed by atoms with E-state index in [0.717, 1.165) is 5.56 Å². The van der Waals surface area contributed by atoms with Gasteiger partial charge in [-0.2, -0.15) is 5.26 Å². The zero-order valence-electron chi connectivity index (χ0n) is 15.8. The van der Waals surface area contributed by atoms with Crippen LogP contribution in [0.3, 0.4) is 0 Å². The lowest BCUT2D eigenvalue weighted by Gasteiger charge is -2.14. The molecule has 3 aromatic rings. The molecule has 0 heterocycles. The maximum atomic E-state index is 12.6. The Bertz CT molecular complexity index is 1070. The average Bonchev–Trinajstić information content (AvgIpc) is 2.77. The van der Waals surface area contributed by atoms with Crippen LogP contribution in [0.5, 0.6) is 11.5 Å². The van der Waals surface area contributed by atoms with Crippen molar-refractivity contribution in [2.24, 2.45) is 0 Å². The van der Waals surface area contributed by atoms with Crippen LogP contribution < -0.4 is 9.47 Å². The van der Waals surface area contributed by atoms with Crippen molar-refractivity contribution in [3.8, 4) is 17.6 Å². The van der Waals surface area contributed by atoms with Gasteiger partial charge in [0.2, 0.25) is 5.78 Å². The van der Waals surface area contributed by atoms with Gasteiger partial charge in [0.1, 0.15) is 18.2 Å². The number of halogens is 1. The summed E-state index contributed by atoms with van der Waals surface area (Å²) in [6.45, 7) is 0.390. The van der Waals surface area contributed by atoms with Crippen LogP contribution in [0.1, 0.15) is 21.5 Å². The Morgan fingerprint density at radius 1 is 1.07 bits per heavy atom. The van der Waals surface area contributed by atoms with Crippen LogP contribution in [-0.4, -0.2) is 12.9 Å². The number of allylic oxidation sites excluding steroid dienone is 1. The maximum absolute atomic E-state index is 12.6. The van der Waals surface area contributed by atoms with Crippen molar-refractivity contribution in [2.45, 2.75) is 6.61 Å². The van der Waals surface area contributed by atoms with Crippen LogP contribution in [0, 0.1) is 11.3 Å². The summed E-state index contributed by atoms with van der Waals surface area (Å²) in [6, 6.07) is 24.0. The Hall–Kier alpha value is -3.36. The summed E-state index contributed by atoms with van der Waals surface area (Å²) < 4.78 is 12.1. The minimum atomic E-state index is -0.326. The summed E-state index contributed by atoms with van der Waals surface area (Å²) in [5.41, 5.74) is 2.20. The molecule has 3 aromatic carbocycles. The number of hydrogen-bond donors (Lipinski definition) is 0. The summed E-state index contributed by atoms with van der Waals surface area (Å²) in [6.07, 6.45) is 1.55. The molecule has 0 spiro atoms. The maximum Gasteiger partial charge on any atom is 0.203 e. The molecule has 29 heavy (non-hydrogen) atoms. The molecule has 0 aliphatic carbocycles. The molecule has 0 atom stereocenters. The summed E-state index contributed by atoms with van der Waals surface area (Å²) in [7, 11) is 1.55. The molecular weight excluding hydrogens is 430 g/mol. The zero-order valence-corrected chi connectivity index (χ0v) is 17.3. The van der Waals surface area contributed by atoms with Crippen molar-refractivity contribution in [3.63, 3.8) is 0 Å². The number of Topliss-reactive ketones (excluding diaryl/α,β-unsaturated/α-hetero) is 1. The number of nitrogens with zero attached hydrogens (tertiary/aromatic N) is 1. The molecule has 4 nitrogen and oxygen atoms in total. The van der Waals surface area contributed by atoms with E-state index in [1.807, 2.05) is 42.5 Å². The highest BCUT2D eigenvalue weighted by molar-refractivity contribution is 9.10. The molecule has 0 N–H and O–H groups in total. The second-order valence-electron chi connectivity index (χ2n) is 6.17. The van der Waals surface area contributed by atoms with Gasteiger partial charge in [-0.05, 0) is 45.3 Å². The minimum Gasteiger partial charge on any atom is -0.493 e. The first-order valence-corrected chi connectivity index (χ1v) is 9.67. The summed E-state index contributed by atoms with van der Waals surface area (Å²) in [4.78, 5) is 12.6. The Labute approximate surface area is 178 Å². The van der Waals surface area contributed by atoms with Crippen LogP contribution in [0.2, 0.25) is 0 Å². The average molecular weight is 448 g/mol. The highest BCUT2D eigenvalue weighted by Crippen LogP contribution is 2.37. The van der Waals surface area contributed by atoms with E-state index in [4.69, 9.17) is 9.47 Å². The third-order valence-corrected chi connectivity index (χ3v) is 4.78. The molecule has 5 heteroatoms. The van der Waals surface area contributed by atoms with Gasteiger partial charge in [0.05, 0.1) is 11.6 Å². The number of hydrogen-bond acceptors (Lipinski definition) is 4. The molecule has 0 aliphatic rings. The van der Waals surface area contributed by atoms with E-state index in [2.05, 4.69) is 15.9 Å². The number of nitriles is 1. The Morgan fingerprint density at radius 2 is 1.72 bits per heavy atom. The van der Waals surface area contributed by atoms with Gasteiger partial charge in [0, 0.05) is 5.56 Å². The fourth-order valence-corrected chi connectivity index (χ4v) is 3.33. The smallest absolute Gasteiger partial charge is 0.203 e. The van der Waals surface area contributed by atoms with Crippen molar-refractivity contribution in [3.05, 3.63) is 99.5 Å². The molecule has 0 fully saturated rings. The van der Waals surface area contributed by atoms with Gasteiger partial charge in [-0.15, -0.1) is 0 Å². The van der Waals surface area contributed by atoms with E-state index in [1.165, 1.54) is 0 Å². The number of carbonyl (C=O) groups is 1. The predicted octanol–water partition coefficient (Wildman–Crippen LogP) is 5.83. The van der Waals surface area contributed by atoms with E-state index in [-0.39, 0.29) is 11.4 Å². The van der Waals surface area contributed by atoms with Crippen LogP contribution in [0.15, 0.2) is 82.8 Å². The Morgan fingerprint density at radius 3 is 2.34 bits per heavy atom. The predicted molar refractivity (Wildman–Crippen MR) is 116 cm³/mol. The Kier molecular flexibility index (Phi) is 6.83. The van der Waals surface area contributed by atoms with E-state index < -0.39 is 0 Å². The lowest BCUT2D eigenvalue weighted by Crippen LogP contribution is -2.02. The quantitative estimate of drug-likeness (QED) is 0.259. The molecular formula is C24H18BrNO3. The Balaban J connectivity index is 1.88. The number of ketones is 1. The number of carbonyl (C=O) groups excluding carboxylic acids is 1. The first-order chi connectivity index (χ1) is 14.1. The van der Waals surface area contributed by atoms with Crippen LogP contribution in [0.25, 0.3) is 6.08 Å². The number of methoxy groups -OCH3 is 1. The topological polar surface area (TPSA) is 59.3 Å². The highest BCUT2D eigenvalue weighted by atomic mass is 79.9. The molecule has 0 unspecified atom stereocenters. The van der Waals surface area contributed by atoms with Gasteiger partial charge in [0.25, 0.3) is 0 Å². The van der Waals surface area contributed by atoms with E-state index in [9.17, 15) is 10.1 Å². The summed E-state index contributed by atoms with van der Waals surface area (Å²) >= 11 is 3.50. The minimum absolute atomic E-state index is 0.0445. The van der Waals surface area contributed by atoms with E-state index in [1.54, 1.807) is 49.6 Å². The fraction of sp³-hybridized carbons (Fsp3) is 0.0833. The van der Waals surface area contributed by atoms with Crippen LogP contribution in [0.4, 0.5) is 0 Å². The number of rotatable bonds is 7. The molecule has 144 valence electrons.